The molecule has 84 valence electrons. The fourth-order valence-electron chi connectivity index (χ4n) is 1.63. The van der Waals surface area contributed by atoms with Gasteiger partial charge in [-0.25, -0.2) is 4.98 Å². The van der Waals surface area contributed by atoms with Gasteiger partial charge in [-0.2, -0.15) is 0 Å². The first-order valence-electron chi connectivity index (χ1n) is 4.67. The Labute approximate surface area is 106 Å². The van der Waals surface area contributed by atoms with Crippen LogP contribution in [-0.4, -0.2) is 29.1 Å². The molecule has 4 nitrogen and oxygen atoms in total. The molecule has 0 radical (unpaired) electrons. The monoisotopic (exact) mass is 302 g/mol. The summed E-state index contributed by atoms with van der Waals surface area (Å²) >= 11 is 9.11. The normalized spacial score (nSPS) is 20.2. The zero-order valence-electron chi connectivity index (χ0n) is 8.19. The quantitative estimate of drug-likeness (QED) is 0.620. The van der Waals surface area contributed by atoms with Crippen LogP contribution in [0.15, 0.2) is 16.7 Å². The minimum atomic E-state index is -0.211. The number of hydrogen-bond donors (Lipinski definition) is 0. The SMILES string of the molecule is O=Cc1cc(Br)cnc1N1CC(Cl)CC1=O. The van der Waals surface area contributed by atoms with Crippen LogP contribution in [0.2, 0.25) is 0 Å². The molecule has 6 heteroatoms. The van der Waals surface area contributed by atoms with Crippen molar-refractivity contribution in [1.82, 2.24) is 4.98 Å². The van der Waals surface area contributed by atoms with Gasteiger partial charge in [-0.15, -0.1) is 11.6 Å². The third-order valence-electron chi connectivity index (χ3n) is 2.32. The Morgan fingerprint density at radius 3 is 2.94 bits per heavy atom. The van der Waals surface area contributed by atoms with Crippen LogP contribution in [0.3, 0.4) is 0 Å². The van der Waals surface area contributed by atoms with Gasteiger partial charge in [0.15, 0.2) is 6.29 Å². The van der Waals surface area contributed by atoms with E-state index in [0.29, 0.717) is 28.7 Å². The lowest BCUT2D eigenvalue weighted by atomic mass is 10.2. The van der Waals surface area contributed by atoms with Crippen molar-refractivity contribution in [2.75, 3.05) is 11.4 Å². The number of alkyl halides is 1. The molecule has 2 rings (SSSR count). The van der Waals surface area contributed by atoms with E-state index in [0.717, 1.165) is 0 Å². The highest BCUT2D eigenvalue weighted by atomic mass is 79.9. The molecular weight excluding hydrogens is 295 g/mol. The maximum Gasteiger partial charge on any atom is 0.229 e. The van der Waals surface area contributed by atoms with E-state index in [1.165, 1.54) is 4.90 Å². The van der Waals surface area contributed by atoms with Crippen LogP contribution in [0.4, 0.5) is 5.82 Å². The third kappa shape index (κ3) is 2.10. The van der Waals surface area contributed by atoms with Crippen LogP contribution in [0, 0.1) is 0 Å². The van der Waals surface area contributed by atoms with Crippen molar-refractivity contribution in [2.45, 2.75) is 11.8 Å². The highest BCUT2D eigenvalue weighted by Gasteiger charge is 2.31. The molecule has 0 bridgehead atoms. The van der Waals surface area contributed by atoms with Gasteiger partial charge in [0.25, 0.3) is 0 Å². The molecule has 1 aliphatic heterocycles. The number of halogens is 2. The van der Waals surface area contributed by atoms with Gasteiger partial charge < -0.3 is 0 Å². The third-order valence-corrected chi connectivity index (χ3v) is 3.05. The molecule has 1 amide bonds. The Morgan fingerprint density at radius 2 is 2.38 bits per heavy atom. The molecule has 0 saturated carbocycles. The van der Waals surface area contributed by atoms with Gasteiger partial charge in [0, 0.05) is 23.6 Å². The fraction of sp³-hybridized carbons (Fsp3) is 0.300. The lowest BCUT2D eigenvalue weighted by Crippen LogP contribution is -2.26. The first kappa shape index (κ1) is 11.5. The van der Waals surface area contributed by atoms with E-state index in [2.05, 4.69) is 20.9 Å². The first-order chi connectivity index (χ1) is 7.61. The van der Waals surface area contributed by atoms with E-state index in [4.69, 9.17) is 11.6 Å². The summed E-state index contributed by atoms with van der Waals surface area (Å²) in [6, 6.07) is 1.63. The van der Waals surface area contributed by atoms with Crippen LogP contribution in [0.1, 0.15) is 16.8 Å². The molecule has 1 unspecified atom stereocenters. The summed E-state index contributed by atoms with van der Waals surface area (Å²) in [6.07, 6.45) is 2.52. The molecule has 2 heterocycles. The van der Waals surface area contributed by atoms with Gasteiger partial charge in [0.2, 0.25) is 5.91 Å². The highest BCUT2D eigenvalue weighted by molar-refractivity contribution is 9.10. The zero-order chi connectivity index (χ0) is 11.7. The standard InChI is InChI=1S/C10H8BrClN2O2/c11-7-1-6(5-15)10(13-3-7)14-4-8(12)2-9(14)16/h1,3,5,8H,2,4H2. The van der Waals surface area contributed by atoms with Crippen molar-refractivity contribution >= 4 is 45.5 Å². The first-order valence-corrected chi connectivity index (χ1v) is 5.90. The summed E-state index contributed by atoms with van der Waals surface area (Å²) in [5.74, 6) is 0.282. The molecule has 1 aliphatic rings. The number of amides is 1. The van der Waals surface area contributed by atoms with Gasteiger partial charge >= 0.3 is 0 Å². The Bertz CT molecular complexity index is 452. The van der Waals surface area contributed by atoms with Gasteiger partial charge in [-0.05, 0) is 22.0 Å². The summed E-state index contributed by atoms with van der Waals surface area (Å²) in [5, 5.41) is -0.211. The second kappa shape index (κ2) is 4.51. The number of aromatic nitrogens is 1. The minimum absolute atomic E-state index is 0.0991. The number of anilines is 1. The average Bonchev–Trinajstić information content (AvgIpc) is 2.57. The molecule has 1 atom stereocenters. The molecule has 1 aromatic rings. The average molecular weight is 304 g/mol. The van der Waals surface area contributed by atoms with Crippen LogP contribution in [-0.2, 0) is 4.79 Å². The number of rotatable bonds is 2. The summed E-state index contributed by atoms with van der Waals surface area (Å²) in [7, 11) is 0. The van der Waals surface area contributed by atoms with Crippen molar-refractivity contribution in [3.8, 4) is 0 Å². The smallest absolute Gasteiger partial charge is 0.229 e. The molecule has 0 N–H and O–H groups in total. The number of hydrogen-bond acceptors (Lipinski definition) is 3. The van der Waals surface area contributed by atoms with Crippen molar-refractivity contribution in [3.05, 3.63) is 22.3 Å². The van der Waals surface area contributed by atoms with Crippen molar-refractivity contribution in [1.29, 1.82) is 0 Å². The van der Waals surface area contributed by atoms with Crippen LogP contribution in [0.5, 0.6) is 0 Å². The summed E-state index contributed by atoms with van der Waals surface area (Å²) in [4.78, 5) is 28.0. The topological polar surface area (TPSA) is 50.3 Å². The number of carbonyl (C=O) groups excluding carboxylic acids is 2. The van der Waals surface area contributed by atoms with Crippen LogP contribution < -0.4 is 4.90 Å². The Hall–Kier alpha value is -0.940. The predicted molar refractivity (Wildman–Crippen MR) is 63.9 cm³/mol. The van der Waals surface area contributed by atoms with Crippen molar-refractivity contribution in [3.63, 3.8) is 0 Å². The molecule has 0 aromatic carbocycles. The molecule has 1 saturated heterocycles. The Kier molecular flexibility index (Phi) is 3.25. The van der Waals surface area contributed by atoms with E-state index in [-0.39, 0.29) is 17.7 Å². The van der Waals surface area contributed by atoms with Gasteiger partial charge in [-0.3, -0.25) is 14.5 Å². The number of nitrogens with zero attached hydrogens (tertiary/aromatic N) is 2. The molecule has 1 fully saturated rings. The maximum atomic E-state index is 11.6. The molecule has 16 heavy (non-hydrogen) atoms. The minimum Gasteiger partial charge on any atom is -0.298 e. The van der Waals surface area contributed by atoms with E-state index >= 15 is 0 Å². The zero-order valence-corrected chi connectivity index (χ0v) is 10.5. The van der Waals surface area contributed by atoms with Crippen LogP contribution >= 0.6 is 27.5 Å². The largest absolute Gasteiger partial charge is 0.298 e. The molecule has 0 spiro atoms. The fourth-order valence-corrected chi connectivity index (χ4v) is 2.25. The van der Waals surface area contributed by atoms with Gasteiger partial charge in [0.05, 0.1) is 10.9 Å². The Balaban J connectivity index is 2.40. The summed E-state index contributed by atoms with van der Waals surface area (Å²) in [6.45, 7) is 0.399. The van der Waals surface area contributed by atoms with E-state index in [9.17, 15) is 9.59 Å². The van der Waals surface area contributed by atoms with Gasteiger partial charge in [0.1, 0.15) is 5.82 Å². The summed E-state index contributed by atoms with van der Waals surface area (Å²) in [5.41, 5.74) is 0.383. The number of pyridine rings is 1. The lowest BCUT2D eigenvalue weighted by Gasteiger charge is -2.16. The predicted octanol–water partition coefficient (Wildman–Crippen LogP) is 2.00. The molecule has 1 aromatic heterocycles. The van der Waals surface area contributed by atoms with Gasteiger partial charge in [-0.1, -0.05) is 0 Å². The second-order valence-electron chi connectivity index (χ2n) is 3.49. The van der Waals surface area contributed by atoms with Crippen molar-refractivity contribution in [2.24, 2.45) is 0 Å². The van der Waals surface area contributed by atoms with Crippen molar-refractivity contribution < 1.29 is 9.59 Å². The highest BCUT2D eigenvalue weighted by Crippen LogP contribution is 2.26. The number of carbonyl (C=O) groups is 2. The van der Waals surface area contributed by atoms with E-state index < -0.39 is 0 Å². The molecule has 0 aliphatic carbocycles. The van der Waals surface area contributed by atoms with E-state index in [1.54, 1.807) is 12.3 Å². The Morgan fingerprint density at radius 1 is 1.62 bits per heavy atom. The molecular formula is C10H8BrClN2O2. The lowest BCUT2D eigenvalue weighted by molar-refractivity contribution is -0.117. The number of aldehydes is 1. The summed E-state index contributed by atoms with van der Waals surface area (Å²) < 4.78 is 0.701. The second-order valence-corrected chi connectivity index (χ2v) is 5.02. The maximum absolute atomic E-state index is 11.6. The van der Waals surface area contributed by atoms with E-state index in [1.807, 2.05) is 0 Å². The van der Waals surface area contributed by atoms with Crippen LogP contribution in [0.25, 0.3) is 0 Å².